The zero-order chi connectivity index (χ0) is 27.9. The fourth-order valence-corrected chi connectivity index (χ4v) is 5.26. The maximum atomic E-state index is 14.1. The van der Waals surface area contributed by atoms with Gasteiger partial charge in [-0.05, 0) is 47.5 Å². The van der Waals surface area contributed by atoms with E-state index in [9.17, 15) is 35.9 Å². The molecule has 0 N–H and O–H groups in total. The lowest BCUT2D eigenvalue weighted by atomic mass is 9.93. The molecule has 2 heterocycles. The first-order chi connectivity index (χ1) is 18.4. The molecule has 0 atom stereocenters. The third-order valence-electron chi connectivity index (χ3n) is 6.98. The highest BCUT2D eigenvalue weighted by Gasteiger charge is 2.39. The van der Waals surface area contributed by atoms with E-state index in [2.05, 4.69) is 0 Å². The van der Waals surface area contributed by atoms with Crippen molar-refractivity contribution in [3.8, 4) is 16.8 Å². The zero-order valence-corrected chi connectivity index (χ0v) is 20.0. The van der Waals surface area contributed by atoms with E-state index >= 15 is 0 Å². The molecule has 1 aliphatic rings. The van der Waals surface area contributed by atoms with Gasteiger partial charge in [0.05, 0.1) is 39.0 Å². The van der Waals surface area contributed by atoms with E-state index in [4.69, 9.17) is 0 Å². The van der Waals surface area contributed by atoms with E-state index in [1.807, 2.05) is 0 Å². The SMILES string of the molecule is CN1C(=O)c2cccc(-n3c4ccccc4c4c(-c5ccc(C(F)(F)F)cc5C(F)(F)F)cccc43)c2C1=O. The van der Waals surface area contributed by atoms with Crippen molar-refractivity contribution in [2.24, 2.45) is 0 Å². The smallest absolute Gasteiger partial charge is 0.308 e. The number of halogens is 6. The van der Waals surface area contributed by atoms with E-state index in [1.165, 1.54) is 25.2 Å². The molecule has 4 nitrogen and oxygen atoms in total. The van der Waals surface area contributed by atoms with Gasteiger partial charge in [0.2, 0.25) is 0 Å². The number of para-hydroxylation sites is 1. The number of hydrogen-bond donors (Lipinski definition) is 0. The quantitative estimate of drug-likeness (QED) is 0.171. The van der Waals surface area contributed by atoms with Gasteiger partial charge in [0.15, 0.2) is 0 Å². The van der Waals surface area contributed by atoms with Crippen molar-refractivity contribution in [3.63, 3.8) is 0 Å². The lowest BCUT2D eigenvalue weighted by Crippen LogP contribution is -2.24. The lowest BCUT2D eigenvalue weighted by molar-refractivity contribution is -0.142. The standard InChI is InChI=1S/C29H16F6N2O2/c1-36-26(38)19-8-5-11-23(25(19)27(36)39)37-21-9-3-2-6-18(21)24-17(7-4-10-22(24)37)16-13-12-15(28(30,31)32)14-20(16)29(33,34)35/h2-14H,1H3. The summed E-state index contributed by atoms with van der Waals surface area (Å²) in [6.07, 6.45) is -10.0. The molecular weight excluding hydrogens is 522 g/mol. The minimum atomic E-state index is -5.06. The van der Waals surface area contributed by atoms with Crippen LogP contribution in [0.15, 0.2) is 78.9 Å². The van der Waals surface area contributed by atoms with Gasteiger partial charge in [-0.2, -0.15) is 26.3 Å². The van der Waals surface area contributed by atoms with Crippen LogP contribution in [0, 0.1) is 0 Å². The van der Waals surface area contributed by atoms with Crippen molar-refractivity contribution in [3.05, 3.63) is 101 Å². The van der Waals surface area contributed by atoms with Crippen LogP contribution in [-0.4, -0.2) is 28.3 Å². The molecule has 1 aliphatic heterocycles. The fourth-order valence-electron chi connectivity index (χ4n) is 5.26. The van der Waals surface area contributed by atoms with Gasteiger partial charge in [0.25, 0.3) is 11.8 Å². The molecule has 2 amide bonds. The molecule has 5 aromatic rings. The molecule has 4 aromatic carbocycles. The molecule has 0 saturated heterocycles. The Hall–Kier alpha value is -4.60. The van der Waals surface area contributed by atoms with Gasteiger partial charge in [0.1, 0.15) is 0 Å². The number of carbonyl (C=O) groups excluding carboxylic acids is 2. The number of carbonyl (C=O) groups is 2. The summed E-state index contributed by atoms with van der Waals surface area (Å²) in [6.45, 7) is 0. The first kappa shape index (κ1) is 24.7. The summed E-state index contributed by atoms with van der Waals surface area (Å²) in [4.78, 5) is 26.7. The van der Waals surface area contributed by atoms with E-state index in [1.54, 1.807) is 47.0 Å². The number of aromatic nitrogens is 1. The number of amides is 2. The van der Waals surface area contributed by atoms with Crippen molar-refractivity contribution in [1.82, 2.24) is 9.47 Å². The topological polar surface area (TPSA) is 42.3 Å². The summed E-state index contributed by atoms with van der Waals surface area (Å²) >= 11 is 0. The van der Waals surface area contributed by atoms with Gasteiger partial charge in [-0.3, -0.25) is 14.5 Å². The van der Waals surface area contributed by atoms with Crippen molar-refractivity contribution in [1.29, 1.82) is 0 Å². The number of benzene rings is 4. The number of fused-ring (bicyclic) bond motifs is 4. The Bertz CT molecular complexity index is 1850. The van der Waals surface area contributed by atoms with Gasteiger partial charge < -0.3 is 4.57 Å². The van der Waals surface area contributed by atoms with Gasteiger partial charge >= 0.3 is 12.4 Å². The van der Waals surface area contributed by atoms with Crippen molar-refractivity contribution in [2.45, 2.75) is 12.4 Å². The predicted octanol–water partition coefficient (Wildman–Crippen LogP) is 7.71. The van der Waals surface area contributed by atoms with Crippen LogP contribution in [0.5, 0.6) is 0 Å². The Morgan fingerprint density at radius 1 is 0.641 bits per heavy atom. The van der Waals surface area contributed by atoms with Crippen molar-refractivity contribution >= 4 is 33.6 Å². The van der Waals surface area contributed by atoms with Crippen LogP contribution >= 0.6 is 0 Å². The summed E-state index contributed by atoms with van der Waals surface area (Å²) in [7, 11) is 1.36. The second kappa shape index (κ2) is 8.20. The highest BCUT2D eigenvalue weighted by molar-refractivity contribution is 6.24. The van der Waals surface area contributed by atoms with Crippen molar-refractivity contribution < 1.29 is 35.9 Å². The third kappa shape index (κ3) is 3.62. The van der Waals surface area contributed by atoms with Crippen LogP contribution in [-0.2, 0) is 12.4 Å². The molecule has 39 heavy (non-hydrogen) atoms. The normalized spacial score (nSPS) is 14.1. The highest BCUT2D eigenvalue weighted by Crippen LogP contribution is 2.45. The van der Waals surface area contributed by atoms with Crippen LogP contribution < -0.4 is 0 Å². The molecule has 0 unspecified atom stereocenters. The van der Waals surface area contributed by atoms with Crippen LogP contribution in [0.25, 0.3) is 38.6 Å². The van der Waals surface area contributed by atoms with Crippen molar-refractivity contribution in [2.75, 3.05) is 7.05 Å². The average Bonchev–Trinajstić information content (AvgIpc) is 3.35. The Labute approximate surface area is 216 Å². The third-order valence-corrected chi connectivity index (χ3v) is 6.98. The molecule has 196 valence electrons. The van der Waals surface area contributed by atoms with Crippen LogP contribution in [0.2, 0.25) is 0 Å². The molecule has 0 fully saturated rings. The molecule has 0 radical (unpaired) electrons. The predicted molar refractivity (Wildman–Crippen MR) is 133 cm³/mol. The number of imide groups is 1. The maximum Gasteiger partial charge on any atom is 0.417 e. The lowest BCUT2D eigenvalue weighted by Gasteiger charge is -2.17. The first-order valence-corrected chi connectivity index (χ1v) is 11.7. The summed E-state index contributed by atoms with van der Waals surface area (Å²) in [5, 5.41) is 0.889. The average molecular weight is 538 g/mol. The zero-order valence-electron chi connectivity index (χ0n) is 20.0. The summed E-state index contributed by atoms with van der Waals surface area (Å²) in [5.41, 5.74) is -1.46. The van der Waals surface area contributed by atoms with Gasteiger partial charge in [-0.25, -0.2) is 0 Å². The Kier molecular flexibility index (Phi) is 5.20. The second-order valence-electron chi connectivity index (χ2n) is 9.18. The largest absolute Gasteiger partial charge is 0.417 e. The van der Waals surface area contributed by atoms with Crippen LogP contribution in [0.3, 0.4) is 0 Å². The number of nitrogens with zero attached hydrogens (tertiary/aromatic N) is 2. The minimum absolute atomic E-state index is 0.0793. The van der Waals surface area contributed by atoms with Gasteiger partial charge in [-0.1, -0.05) is 42.5 Å². The number of hydrogen-bond acceptors (Lipinski definition) is 2. The molecule has 1 aromatic heterocycles. The monoisotopic (exact) mass is 538 g/mol. The van der Waals surface area contributed by atoms with E-state index < -0.39 is 40.9 Å². The second-order valence-corrected chi connectivity index (χ2v) is 9.18. The minimum Gasteiger partial charge on any atom is -0.308 e. The van der Waals surface area contributed by atoms with Crippen LogP contribution in [0.1, 0.15) is 31.8 Å². The number of alkyl halides is 6. The highest BCUT2D eigenvalue weighted by atomic mass is 19.4. The maximum absolute atomic E-state index is 14.1. The molecule has 0 bridgehead atoms. The van der Waals surface area contributed by atoms with E-state index in [0.29, 0.717) is 33.6 Å². The summed E-state index contributed by atoms with van der Waals surface area (Å²) < 4.78 is 83.9. The van der Waals surface area contributed by atoms with Gasteiger partial charge in [0, 0.05) is 17.8 Å². The molecule has 0 saturated carbocycles. The Morgan fingerprint density at radius 3 is 2.03 bits per heavy atom. The first-order valence-electron chi connectivity index (χ1n) is 11.7. The van der Waals surface area contributed by atoms with E-state index in [0.717, 1.165) is 11.0 Å². The van der Waals surface area contributed by atoms with Gasteiger partial charge in [-0.15, -0.1) is 0 Å². The van der Waals surface area contributed by atoms with E-state index in [-0.39, 0.29) is 22.8 Å². The number of rotatable bonds is 2. The molecule has 0 spiro atoms. The molecule has 0 aliphatic carbocycles. The Morgan fingerprint density at radius 2 is 1.31 bits per heavy atom. The van der Waals surface area contributed by atoms with Crippen LogP contribution in [0.4, 0.5) is 26.3 Å². The molecular formula is C29H16F6N2O2. The Balaban J connectivity index is 1.72. The molecule has 6 rings (SSSR count). The fraction of sp³-hybridized carbons (Fsp3) is 0.103. The summed E-state index contributed by atoms with van der Waals surface area (Å²) in [5.74, 6) is -0.993. The summed E-state index contributed by atoms with van der Waals surface area (Å²) in [6, 6.07) is 17.8. The molecule has 10 heteroatoms.